The lowest BCUT2D eigenvalue weighted by Crippen LogP contribution is -2.34. The number of para-hydroxylation sites is 2. The number of non-ortho nitro benzene ring substituents is 1. The molecule has 0 bridgehead atoms. The molecule has 23 nitrogen and oxygen atoms in total. The minimum absolute atomic E-state index is 0.0536. The number of carbonyl (C=O) groups excluding carboxylic acids is 1. The van der Waals surface area contributed by atoms with Gasteiger partial charge in [0.1, 0.15) is 42.5 Å². The highest BCUT2D eigenvalue weighted by Gasteiger charge is 2.21. The lowest BCUT2D eigenvalue weighted by atomic mass is 10.1. The van der Waals surface area contributed by atoms with Crippen molar-refractivity contribution in [3.05, 3.63) is 170 Å². The van der Waals surface area contributed by atoms with E-state index in [0.717, 1.165) is 34.7 Å². The van der Waals surface area contributed by atoms with Crippen LogP contribution in [0, 0.1) is 30.3 Å². The van der Waals surface area contributed by atoms with Gasteiger partial charge in [0, 0.05) is 79.7 Å². The SMILES string of the molecule is O=C(OCCN(CCNc1ccc([N+](=O)[O-])cn1)c1nccc(-c2ccc(-n3cnc4ccccc43)cc2)n1)c1cnc(NCCNc2ccc([N+](=O)[O-])cn2)nc1-c1cccc([N+](=O)[O-])c1. The normalized spacial score (nSPS) is 10.9. The number of benzene rings is 3. The highest BCUT2D eigenvalue weighted by molar-refractivity contribution is 5.96. The number of hydrogen-bond donors (Lipinski definition) is 3. The molecular formula is C44H37N15O8. The first-order valence-electron chi connectivity index (χ1n) is 20.4. The van der Waals surface area contributed by atoms with Crippen LogP contribution >= 0.6 is 0 Å². The Morgan fingerprint density at radius 1 is 0.642 bits per heavy atom. The second-order valence-electron chi connectivity index (χ2n) is 14.4. The van der Waals surface area contributed by atoms with Crippen LogP contribution in [0.5, 0.6) is 0 Å². The molecule has 3 aromatic carbocycles. The van der Waals surface area contributed by atoms with Crippen LogP contribution in [0.4, 0.5) is 40.6 Å². The third-order valence-corrected chi connectivity index (χ3v) is 10.1. The van der Waals surface area contributed by atoms with E-state index in [1.54, 1.807) is 29.6 Å². The van der Waals surface area contributed by atoms with Gasteiger partial charge in [-0.25, -0.2) is 39.7 Å². The standard InChI is InChI=1S/C44H37N15O8/c60-42(35-27-51-43(54-41(35)30-4-3-5-32(24-30)57(61)62)47-19-18-45-39-14-12-33(25-49-39)58(63)64)67-23-22-55(21-20-46-40-15-13-34(26-50-40)59(65)66)44-48-17-16-36(53-44)29-8-10-31(11-9-29)56-28-52-37-6-1-2-7-38(37)56/h1-17,24-28H,18-23H2,(H,45,49)(H,46,50)(H,47,51,54). The summed E-state index contributed by atoms with van der Waals surface area (Å²) in [5, 5.41) is 43.0. The summed E-state index contributed by atoms with van der Waals surface area (Å²) in [5.41, 5.74) is 3.99. The molecule has 0 atom stereocenters. The zero-order chi connectivity index (χ0) is 46.7. The van der Waals surface area contributed by atoms with Crippen molar-refractivity contribution in [3.8, 4) is 28.2 Å². The van der Waals surface area contributed by atoms with Gasteiger partial charge >= 0.3 is 5.97 Å². The van der Waals surface area contributed by atoms with Crippen LogP contribution in [0.25, 0.3) is 39.2 Å². The average Bonchev–Trinajstić information content (AvgIpc) is 3.79. The molecule has 0 spiro atoms. The summed E-state index contributed by atoms with van der Waals surface area (Å²) in [6.45, 7) is 1.10. The van der Waals surface area contributed by atoms with E-state index in [1.165, 1.54) is 48.7 Å². The quantitative estimate of drug-likeness (QED) is 0.0308. The summed E-state index contributed by atoms with van der Waals surface area (Å²) in [5.74, 6) is 0.450. The van der Waals surface area contributed by atoms with Crippen molar-refractivity contribution < 1.29 is 24.3 Å². The second-order valence-corrected chi connectivity index (χ2v) is 14.4. The molecule has 5 heterocycles. The van der Waals surface area contributed by atoms with Crippen molar-refractivity contribution >= 4 is 57.6 Å². The first-order valence-corrected chi connectivity index (χ1v) is 20.4. The van der Waals surface area contributed by atoms with Crippen molar-refractivity contribution in [1.29, 1.82) is 0 Å². The smallest absolute Gasteiger partial charge is 0.342 e. The third-order valence-electron chi connectivity index (χ3n) is 10.1. The fourth-order valence-electron chi connectivity index (χ4n) is 6.74. The van der Waals surface area contributed by atoms with E-state index in [0.29, 0.717) is 36.4 Å². The van der Waals surface area contributed by atoms with Crippen LogP contribution in [0.1, 0.15) is 10.4 Å². The maximum Gasteiger partial charge on any atom is 0.342 e. The van der Waals surface area contributed by atoms with E-state index in [1.807, 2.05) is 53.1 Å². The van der Waals surface area contributed by atoms with E-state index in [2.05, 4.69) is 45.9 Å². The first-order chi connectivity index (χ1) is 32.6. The van der Waals surface area contributed by atoms with Gasteiger partial charge in [0.05, 0.1) is 43.7 Å². The molecule has 67 heavy (non-hydrogen) atoms. The van der Waals surface area contributed by atoms with E-state index < -0.39 is 20.7 Å². The molecule has 0 aliphatic heterocycles. The summed E-state index contributed by atoms with van der Waals surface area (Å²) in [4.78, 5) is 78.7. The number of hydrogen-bond acceptors (Lipinski definition) is 19. The Morgan fingerprint density at radius 3 is 2.04 bits per heavy atom. The van der Waals surface area contributed by atoms with Gasteiger partial charge < -0.3 is 25.6 Å². The van der Waals surface area contributed by atoms with Gasteiger partial charge in [-0.1, -0.05) is 36.4 Å². The van der Waals surface area contributed by atoms with E-state index in [9.17, 15) is 35.1 Å². The highest BCUT2D eigenvalue weighted by Crippen LogP contribution is 2.28. The number of nitro groups is 3. The monoisotopic (exact) mass is 903 g/mol. The van der Waals surface area contributed by atoms with Crippen molar-refractivity contribution in [2.24, 2.45) is 0 Å². The number of fused-ring (bicyclic) bond motifs is 1. The number of nitro benzene ring substituents is 1. The van der Waals surface area contributed by atoms with Gasteiger partial charge in [-0.3, -0.25) is 34.9 Å². The first kappa shape index (κ1) is 44.1. The molecule has 0 unspecified atom stereocenters. The number of pyridine rings is 2. The molecule has 0 fully saturated rings. The van der Waals surface area contributed by atoms with Crippen LogP contribution in [-0.4, -0.2) is 99.5 Å². The van der Waals surface area contributed by atoms with E-state index in [4.69, 9.17) is 9.72 Å². The molecule has 0 saturated heterocycles. The highest BCUT2D eigenvalue weighted by atomic mass is 16.6. The Bertz CT molecular complexity index is 3060. The minimum atomic E-state index is -0.799. The largest absolute Gasteiger partial charge is 0.460 e. The molecule has 5 aromatic heterocycles. The number of esters is 1. The maximum atomic E-state index is 13.8. The number of carbonyl (C=O) groups is 1. The molecular weight excluding hydrogens is 867 g/mol. The second kappa shape index (κ2) is 20.3. The fourth-order valence-corrected chi connectivity index (χ4v) is 6.74. The molecule has 3 N–H and O–H groups in total. The van der Waals surface area contributed by atoms with Crippen molar-refractivity contribution in [3.63, 3.8) is 0 Å². The maximum absolute atomic E-state index is 13.8. The Labute approximate surface area is 379 Å². The van der Waals surface area contributed by atoms with Crippen LogP contribution in [-0.2, 0) is 4.74 Å². The van der Waals surface area contributed by atoms with Gasteiger partial charge in [-0.2, -0.15) is 0 Å². The lowest BCUT2D eigenvalue weighted by molar-refractivity contribution is -0.385. The summed E-state index contributed by atoms with van der Waals surface area (Å²) in [7, 11) is 0. The van der Waals surface area contributed by atoms with Crippen molar-refractivity contribution in [2.45, 2.75) is 0 Å². The Kier molecular flexibility index (Phi) is 13.4. The summed E-state index contributed by atoms with van der Waals surface area (Å²) >= 11 is 0. The average molecular weight is 904 g/mol. The van der Waals surface area contributed by atoms with Gasteiger partial charge in [-0.05, 0) is 42.5 Å². The molecule has 0 saturated carbocycles. The summed E-state index contributed by atoms with van der Waals surface area (Å²) in [6.07, 6.45) is 6.95. The number of nitrogens with zero attached hydrogens (tertiary/aromatic N) is 12. The molecule has 8 aromatic rings. The number of rotatable bonds is 20. The molecule has 0 amide bonds. The number of nitrogens with one attached hydrogen (secondary N) is 3. The molecule has 23 heteroatoms. The molecule has 0 radical (unpaired) electrons. The Balaban J connectivity index is 0.983. The van der Waals surface area contributed by atoms with Crippen molar-refractivity contribution in [1.82, 2.24) is 39.5 Å². The van der Waals surface area contributed by atoms with Gasteiger partial charge in [0.25, 0.3) is 17.1 Å². The van der Waals surface area contributed by atoms with Gasteiger partial charge in [0.2, 0.25) is 11.9 Å². The molecule has 0 aliphatic rings. The Morgan fingerprint density at radius 2 is 1.34 bits per heavy atom. The van der Waals surface area contributed by atoms with E-state index >= 15 is 0 Å². The number of anilines is 4. The van der Waals surface area contributed by atoms with Gasteiger partial charge in [0.15, 0.2) is 0 Å². The van der Waals surface area contributed by atoms with Crippen LogP contribution in [0.3, 0.4) is 0 Å². The van der Waals surface area contributed by atoms with E-state index in [-0.39, 0.29) is 66.1 Å². The Hall–Kier alpha value is -9.54. The fraction of sp³-hybridized carbons (Fsp3) is 0.136. The molecule has 336 valence electrons. The van der Waals surface area contributed by atoms with Crippen LogP contribution in [0.2, 0.25) is 0 Å². The molecule has 8 rings (SSSR count). The zero-order valence-corrected chi connectivity index (χ0v) is 35.1. The lowest BCUT2D eigenvalue weighted by Gasteiger charge is -2.23. The number of ether oxygens (including phenoxy) is 1. The molecule has 0 aliphatic carbocycles. The predicted octanol–water partition coefficient (Wildman–Crippen LogP) is 6.75. The number of imidazole rings is 1. The summed E-state index contributed by atoms with van der Waals surface area (Å²) in [6, 6.07) is 28.7. The topological polar surface area (TPSA) is 290 Å². The van der Waals surface area contributed by atoms with Gasteiger partial charge in [-0.15, -0.1) is 0 Å². The zero-order valence-electron chi connectivity index (χ0n) is 35.1. The van der Waals surface area contributed by atoms with Crippen LogP contribution < -0.4 is 20.9 Å². The van der Waals surface area contributed by atoms with Crippen molar-refractivity contribution in [2.75, 3.05) is 60.2 Å². The van der Waals surface area contributed by atoms with Crippen LogP contribution in [0.15, 0.2) is 134 Å². The third kappa shape index (κ3) is 10.8. The number of aromatic nitrogens is 8. The summed E-state index contributed by atoms with van der Waals surface area (Å²) < 4.78 is 7.79. The minimum Gasteiger partial charge on any atom is -0.460 e. The predicted molar refractivity (Wildman–Crippen MR) is 246 cm³/mol.